The Bertz CT molecular complexity index is 1580. The average Bonchev–Trinajstić information content (AvgIpc) is 3.02. The molecule has 2 aliphatic carbocycles. The van der Waals surface area contributed by atoms with Crippen LogP contribution in [0.25, 0.3) is 5.57 Å². The molecule has 6 rings (SSSR count). The Hall–Kier alpha value is -2.55. The summed E-state index contributed by atoms with van der Waals surface area (Å²) in [5.74, 6) is 0.0156. The van der Waals surface area contributed by atoms with Crippen LogP contribution in [-0.4, -0.2) is 44.8 Å². The van der Waals surface area contributed by atoms with Crippen molar-refractivity contribution in [1.29, 1.82) is 5.26 Å². The van der Waals surface area contributed by atoms with E-state index in [-0.39, 0.29) is 28.0 Å². The number of benzene rings is 1. The van der Waals surface area contributed by atoms with Crippen molar-refractivity contribution in [3.63, 3.8) is 0 Å². The summed E-state index contributed by atoms with van der Waals surface area (Å²) >= 11 is 0. The summed E-state index contributed by atoms with van der Waals surface area (Å²) in [5, 5.41) is 22.1. The van der Waals surface area contributed by atoms with Gasteiger partial charge in [-0.15, -0.1) is 0 Å². The van der Waals surface area contributed by atoms with Crippen LogP contribution in [0, 0.1) is 16.7 Å². The molecule has 2 aromatic rings. The first-order valence-electron chi connectivity index (χ1n) is 17.0. The lowest BCUT2D eigenvalue weighted by Crippen LogP contribution is -2.46. The lowest BCUT2D eigenvalue weighted by atomic mass is 9.59. The van der Waals surface area contributed by atoms with Crippen LogP contribution in [0.2, 0.25) is 18.1 Å². The maximum absolute atomic E-state index is 13.8. The average molecular weight is 669 g/mol. The molecule has 1 spiro atoms. The van der Waals surface area contributed by atoms with Crippen molar-refractivity contribution < 1.29 is 32.2 Å². The zero-order chi connectivity index (χ0) is 33.8. The van der Waals surface area contributed by atoms with Gasteiger partial charge in [0.2, 0.25) is 0 Å². The minimum absolute atomic E-state index is 0.0156. The van der Waals surface area contributed by atoms with Gasteiger partial charge in [-0.25, -0.2) is 0 Å². The van der Waals surface area contributed by atoms with Crippen molar-refractivity contribution in [1.82, 2.24) is 4.98 Å². The Morgan fingerprint density at radius 1 is 1.11 bits per heavy atom. The van der Waals surface area contributed by atoms with Crippen LogP contribution < -0.4 is 0 Å². The number of fused-ring (bicyclic) bond motifs is 1. The molecule has 1 aromatic heterocycles. The molecule has 10 heteroatoms. The van der Waals surface area contributed by atoms with Gasteiger partial charge in [-0.1, -0.05) is 39.3 Å². The monoisotopic (exact) mass is 668 g/mol. The summed E-state index contributed by atoms with van der Waals surface area (Å²) in [6.07, 6.45) is 3.18. The number of nitrogens with zero attached hydrogens (tertiary/aromatic N) is 2. The molecule has 0 amide bonds. The molecule has 0 bridgehead atoms. The summed E-state index contributed by atoms with van der Waals surface area (Å²) in [7, 11) is -2.27. The van der Waals surface area contributed by atoms with Crippen LogP contribution in [-0.2, 0) is 26.5 Å². The van der Waals surface area contributed by atoms with Crippen LogP contribution in [0.15, 0.2) is 24.3 Å². The van der Waals surface area contributed by atoms with Gasteiger partial charge >= 0.3 is 6.18 Å². The van der Waals surface area contributed by atoms with Crippen molar-refractivity contribution in [2.24, 2.45) is 5.41 Å². The van der Waals surface area contributed by atoms with Gasteiger partial charge in [0, 0.05) is 36.0 Å². The molecule has 1 saturated heterocycles. The van der Waals surface area contributed by atoms with E-state index < -0.39 is 31.7 Å². The van der Waals surface area contributed by atoms with Crippen molar-refractivity contribution in [3.8, 4) is 6.07 Å². The Labute approximate surface area is 277 Å². The Kier molecular flexibility index (Phi) is 9.29. The second-order valence-electron chi connectivity index (χ2n) is 15.5. The number of hydrogen-bond donors (Lipinski definition) is 1. The molecule has 3 heterocycles. The van der Waals surface area contributed by atoms with E-state index in [0.717, 1.165) is 72.7 Å². The molecule has 1 saturated carbocycles. The Balaban J connectivity index is 1.62. The number of halogens is 3. The first kappa shape index (κ1) is 34.3. The predicted octanol–water partition coefficient (Wildman–Crippen LogP) is 8.93. The van der Waals surface area contributed by atoms with Crippen molar-refractivity contribution in [2.45, 2.75) is 115 Å². The molecule has 6 nitrogen and oxygen atoms in total. The summed E-state index contributed by atoms with van der Waals surface area (Å²) in [6, 6.07) is 5.12. The van der Waals surface area contributed by atoms with E-state index in [9.17, 15) is 23.5 Å². The number of alkyl halides is 3. The van der Waals surface area contributed by atoms with Gasteiger partial charge in [-0.3, -0.25) is 4.98 Å². The number of aliphatic hydroxyl groups excluding tert-OH is 1. The van der Waals surface area contributed by atoms with E-state index in [2.05, 4.69) is 39.9 Å². The van der Waals surface area contributed by atoms with Gasteiger partial charge < -0.3 is 19.0 Å². The molecule has 2 atom stereocenters. The van der Waals surface area contributed by atoms with E-state index in [4.69, 9.17) is 18.9 Å². The Morgan fingerprint density at radius 3 is 2.40 bits per heavy atom. The fourth-order valence-corrected chi connectivity index (χ4v) is 8.94. The maximum atomic E-state index is 13.8. The van der Waals surface area contributed by atoms with Gasteiger partial charge in [0.1, 0.15) is 6.10 Å². The van der Waals surface area contributed by atoms with Gasteiger partial charge in [0.15, 0.2) is 8.32 Å². The topological polar surface area (TPSA) is 84.6 Å². The van der Waals surface area contributed by atoms with E-state index >= 15 is 0 Å². The Morgan fingerprint density at radius 2 is 1.83 bits per heavy atom. The number of rotatable bonds is 6. The number of aliphatic hydroxyl groups is 1. The van der Waals surface area contributed by atoms with Crippen molar-refractivity contribution >= 4 is 13.9 Å². The number of nitriles is 1. The van der Waals surface area contributed by atoms with Crippen molar-refractivity contribution in [3.05, 3.63) is 69.0 Å². The lowest BCUT2D eigenvalue weighted by molar-refractivity contribution is -0.137. The van der Waals surface area contributed by atoms with Crippen LogP contribution in [0.3, 0.4) is 0 Å². The van der Waals surface area contributed by atoms with E-state index in [1.54, 1.807) is 6.07 Å². The minimum atomic E-state index is -4.68. The predicted molar refractivity (Wildman–Crippen MR) is 176 cm³/mol. The van der Waals surface area contributed by atoms with Gasteiger partial charge in [0.05, 0.1) is 42.2 Å². The zero-order valence-corrected chi connectivity index (χ0v) is 29.2. The molecule has 2 aliphatic heterocycles. The highest BCUT2D eigenvalue weighted by Gasteiger charge is 2.50. The highest BCUT2D eigenvalue weighted by atomic mass is 28.4. The summed E-state index contributed by atoms with van der Waals surface area (Å²) in [5.41, 5.74) is 4.31. The fourth-order valence-electron chi connectivity index (χ4n) is 7.68. The molecule has 1 N–H and O–H groups in total. The minimum Gasteiger partial charge on any atom is -0.410 e. The highest BCUT2D eigenvalue weighted by Crippen LogP contribution is 2.58. The smallest absolute Gasteiger partial charge is 0.410 e. The van der Waals surface area contributed by atoms with Crippen LogP contribution in [0.1, 0.15) is 129 Å². The molecule has 2 fully saturated rings. The molecule has 47 heavy (non-hydrogen) atoms. The second kappa shape index (κ2) is 12.7. The molecule has 1 aromatic carbocycles. The number of ether oxygens (including phenoxy) is 2. The largest absolute Gasteiger partial charge is 0.417 e. The third-order valence-electron chi connectivity index (χ3n) is 11.5. The van der Waals surface area contributed by atoms with Crippen LogP contribution in [0.4, 0.5) is 13.2 Å². The lowest BCUT2D eigenvalue weighted by Gasteiger charge is -2.51. The van der Waals surface area contributed by atoms with Gasteiger partial charge in [-0.2, -0.15) is 18.4 Å². The standard InChI is InChI=1S/C37H47F3N2O4Si/c1-35(2,3)47(4,5)46-29-21-36(13-6-14-36)20-28-31(29)30(23-9-15-44-16-10-23)32(33(42-28)24-11-17-45-18-12-24)34(43)25-7-8-27(37(38,39)40)26(19-25)22-41/h7-9,19,24,29,34,43H,6,10-18,20-21H2,1-5H3/t29-,34?/m0/s1. The van der Waals surface area contributed by atoms with Crippen molar-refractivity contribution in [2.75, 3.05) is 26.4 Å². The third-order valence-corrected chi connectivity index (χ3v) is 16.0. The number of pyridine rings is 1. The fraction of sp³-hybridized carbons (Fsp3) is 0.622. The molecule has 254 valence electrons. The summed E-state index contributed by atoms with van der Waals surface area (Å²) < 4.78 is 60.2. The van der Waals surface area contributed by atoms with E-state index in [0.29, 0.717) is 38.4 Å². The molecule has 4 aliphatic rings. The quantitative estimate of drug-likeness (QED) is 0.310. The van der Waals surface area contributed by atoms with Gasteiger partial charge in [-0.05, 0) is 97.3 Å². The maximum Gasteiger partial charge on any atom is 0.417 e. The normalized spacial score (nSPS) is 22.6. The van der Waals surface area contributed by atoms with Crippen LogP contribution >= 0.6 is 0 Å². The number of hydrogen-bond acceptors (Lipinski definition) is 6. The third kappa shape index (κ3) is 6.59. The molecule has 0 radical (unpaired) electrons. The number of aromatic nitrogens is 1. The first-order chi connectivity index (χ1) is 22.1. The molecular formula is C37H47F3N2O4Si. The zero-order valence-electron chi connectivity index (χ0n) is 28.2. The SMILES string of the molecule is CC(C)(C)[Si](C)(C)O[C@H]1CC2(CCC2)Cc2nc(C3CCOCC3)c(C(O)c3ccc(C(F)(F)F)c(C#N)c3)c(C3=CCOCC3)c21. The molecule has 1 unspecified atom stereocenters. The van der Waals surface area contributed by atoms with E-state index in [1.165, 1.54) is 18.6 Å². The first-order valence-corrected chi connectivity index (χ1v) is 19.9. The molecular weight excluding hydrogens is 621 g/mol. The van der Waals surface area contributed by atoms with Gasteiger partial charge in [0.25, 0.3) is 0 Å². The highest BCUT2D eigenvalue weighted by molar-refractivity contribution is 6.74. The summed E-state index contributed by atoms with van der Waals surface area (Å²) in [4.78, 5) is 5.47. The van der Waals surface area contributed by atoms with Crippen LogP contribution in [0.5, 0.6) is 0 Å². The second-order valence-corrected chi connectivity index (χ2v) is 20.3. The summed E-state index contributed by atoms with van der Waals surface area (Å²) in [6.45, 7) is 13.4. The van der Waals surface area contributed by atoms with E-state index in [1.807, 2.05) is 0 Å².